The Morgan fingerprint density at radius 3 is 2.30 bits per heavy atom. The zero-order valence-electron chi connectivity index (χ0n) is 11.7. The van der Waals surface area contributed by atoms with Crippen LogP contribution in [-0.2, 0) is 10.0 Å². The quantitative estimate of drug-likeness (QED) is 0.756. The normalized spacial score (nSPS) is 17.1. The molecule has 2 heterocycles. The maximum atomic E-state index is 11.5. The molecular formula is C10H18N6O3S. The van der Waals surface area contributed by atoms with Crippen molar-refractivity contribution in [3.8, 4) is 6.01 Å². The molecule has 0 aromatic carbocycles. The van der Waals surface area contributed by atoms with E-state index in [9.17, 15) is 8.42 Å². The highest BCUT2D eigenvalue weighted by Gasteiger charge is 2.25. The maximum absolute atomic E-state index is 11.5. The van der Waals surface area contributed by atoms with E-state index in [1.165, 1.54) is 17.7 Å². The summed E-state index contributed by atoms with van der Waals surface area (Å²) in [7, 11) is 0.0541. The number of piperazine rings is 1. The fourth-order valence-corrected chi connectivity index (χ4v) is 2.74. The van der Waals surface area contributed by atoms with Crippen LogP contribution in [0, 0.1) is 0 Å². The predicted molar refractivity (Wildman–Crippen MR) is 74.6 cm³/mol. The summed E-state index contributed by atoms with van der Waals surface area (Å²) in [6, 6.07) is 0.227. The predicted octanol–water partition coefficient (Wildman–Crippen LogP) is -0.996. The Hall–Kier alpha value is -1.68. The van der Waals surface area contributed by atoms with E-state index in [0.717, 1.165) is 0 Å². The molecule has 2 rings (SSSR count). The largest absolute Gasteiger partial charge is 0.467 e. The van der Waals surface area contributed by atoms with Crippen LogP contribution >= 0.6 is 0 Å². The Labute approximate surface area is 118 Å². The molecule has 0 spiro atoms. The number of hydrogen-bond donors (Lipinski definition) is 1. The maximum Gasteiger partial charge on any atom is 0.322 e. The summed E-state index contributed by atoms with van der Waals surface area (Å²) in [6.45, 7) is 1.90. The van der Waals surface area contributed by atoms with Gasteiger partial charge in [0.25, 0.3) is 0 Å². The number of methoxy groups -OCH3 is 1. The lowest BCUT2D eigenvalue weighted by atomic mass is 10.4. The molecule has 0 bridgehead atoms. The second-order valence-corrected chi connectivity index (χ2v) is 6.33. The molecule has 20 heavy (non-hydrogen) atoms. The molecule has 1 aromatic rings. The lowest BCUT2D eigenvalue weighted by Crippen LogP contribution is -2.48. The minimum atomic E-state index is -3.14. The molecule has 1 aliphatic heterocycles. The highest BCUT2D eigenvalue weighted by atomic mass is 32.2. The minimum Gasteiger partial charge on any atom is -0.467 e. The SMILES string of the molecule is CNc1nc(OC)nc(N2CCN(S(C)(=O)=O)CC2)n1. The number of sulfonamides is 1. The third-order valence-electron chi connectivity index (χ3n) is 3.00. The molecular weight excluding hydrogens is 284 g/mol. The third-order valence-corrected chi connectivity index (χ3v) is 4.30. The van der Waals surface area contributed by atoms with Crippen molar-refractivity contribution in [2.45, 2.75) is 0 Å². The summed E-state index contributed by atoms with van der Waals surface area (Å²) >= 11 is 0. The molecule has 0 saturated carbocycles. The Bertz CT molecular complexity index is 548. The zero-order chi connectivity index (χ0) is 14.8. The van der Waals surface area contributed by atoms with Gasteiger partial charge in [-0.05, 0) is 0 Å². The first-order valence-corrected chi connectivity index (χ1v) is 7.96. The second kappa shape index (κ2) is 5.75. The first-order chi connectivity index (χ1) is 9.44. The number of nitrogens with one attached hydrogen (secondary N) is 1. The van der Waals surface area contributed by atoms with Gasteiger partial charge in [-0.25, -0.2) is 8.42 Å². The van der Waals surface area contributed by atoms with Crippen LogP contribution in [0.4, 0.5) is 11.9 Å². The number of aromatic nitrogens is 3. The van der Waals surface area contributed by atoms with E-state index in [2.05, 4.69) is 20.3 Å². The second-order valence-electron chi connectivity index (χ2n) is 4.34. The Morgan fingerprint density at radius 2 is 1.80 bits per heavy atom. The first kappa shape index (κ1) is 14.7. The van der Waals surface area contributed by atoms with Crippen molar-refractivity contribution < 1.29 is 13.2 Å². The lowest BCUT2D eigenvalue weighted by molar-refractivity contribution is 0.370. The van der Waals surface area contributed by atoms with E-state index < -0.39 is 10.0 Å². The summed E-state index contributed by atoms with van der Waals surface area (Å²) in [4.78, 5) is 14.4. The Balaban J connectivity index is 2.14. The van der Waals surface area contributed by atoms with Gasteiger partial charge in [-0.15, -0.1) is 0 Å². The number of anilines is 2. The smallest absolute Gasteiger partial charge is 0.322 e. The van der Waals surface area contributed by atoms with Crippen molar-refractivity contribution >= 4 is 21.9 Å². The van der Waals surface area contributed by atoms with Gasteiger partial charge >= 0.3 is 6.01 Å². The molecule has 1 saturated heterocycles. The van der Waals surface area contributed by atoms with Crippen LogP contribution in [0.2, 0.25) is 0 Å². The molecule has 0 atom stereocenters. The highest BCUT2D eigenvalue weighted by molar-refractivity contribution is 7.88. The van der Waals surface area contributed by atoms with Gasteiger partial charge in [-0.1, -0.05) is 0 Å². The van der Waals surface area contributed by atoms with Gasteiger partial charge in [0.05, 0.1) is 13.4 Å². The summed E-state index contributed by atoms with van der Waals surface area (Å²) in [5.74, 6) is 0.895. The molecule has 1 N–H and O–H groups in total. The Morgan fingerprint density at radius 1 is 1.15 bits per heavy atom. The van der Waals surface area contributed by atoms with Gasteiger partial charge in [-0.3, -0.25) is 0 Å². The van der Waals surface area contributed by atoms with Crippen molar-refractivity contribution in [2.24, 2.45) is 0 Å². The molecule has 10 heteroatoms. The molecule has 0 amide bonds. The number of nitrogens with zero attached hydrogens (tertiary/aromatic N) is 5. The van der Waals surface area contributed by atoms with E-state index in [1.807, 2.05) is 4.90 Å². The Kier molecular flexibility index (Phi) is 4.23. The average Bonchev–Trinajstić information content (AvgIpc) is 2.46. The molecule has 9 nitrogen and oxygen atoms in total. The summed E-state index contributed by atoms with van der Waals surface area (Å²) in [5.41, 5.74) is 0. The standard InChI is InChI=1S/C10H18N6O3S/c1-11-8-12-9(14-10(13-8)19-2)15-4-6-16(7-5-15)20(3,17)18/h4-7H2,1-3H3,(H,11,12,13,14). The molecule has 1 fully saturated rings. The lowest BCUT2D eigenvalue weighted by Gasteiger charge is -2.33. The van der Waals surface area contributed by atoms with Gasteiger partial charge in [0, 0.05) is 33.2 Å². The molecule has 1 aromatic heterocycles. The fraction of sp³-hybridized carbons (Fsp3) is 0.700. The zero-order valence-corrected chi connectivity index (χ0v) is 12.5. The topological polar surface area (TPSA) is 101 Å². The molecule has 0 unspecified atom stereocenters. The summed E-state index contributed by atoms with van der Waals surface area (Å²) in [5, 5.41) is 2.84. The molecule has 0 aliphatic carbocycles. The monoisotopic (exact) mass is 302 g/mol. The molecule has 1 aliphatic rings. The number of rotatable bonds is 4. The van der Waals surface area contributed by atoms with Gasteiger partial charge in [-0.2, -0.15) is 19.3 Å². The van der Waals surface area contributed by atoms with E-state index in [1.54, 1.807) is 7.05 Å². The molecule has 0 radical (unpaired) electrons. The minimum absolute atomic E-state index is 0.227. The van der Waals surface area contributed by atoms with Crippen LogP contribution in [0.15, 0.2) is 0 Å². The van der Waals surface area contributed by atoms with E-state index in [4.69, 9.17) is 4.74 Å². The van der Waals surface area contributed by atoms with Crippen LogP contribution in [-0.4, -0.2) is 74.3 Å². The van der Waals surface area contributed by atoms with Crippen molar-refractivity contribution in [1.82, 2.24) is 19.3 Å². The number of hydrogen-bond acceptors (Lipinski definition) is 8. The summed E-state index contributed by atoms with van der Waals surface area (Å²) < 4.78 is 29.4. The van der Waals surface area contributed by atoms with Gasteiger partial charge in [0.2, 0.25) is 21.9 Å². The van der Waals surface area contributed by atoms with E-state index in [0.29, 0.717) is 38.1 Å². The fourth-order valence-electron chi connectivity index (χ4n) is 1.91. The van der Waals surface area contributed by atoms with Crippen molar-refractivity contribution in [2.75, 3.05) is 56.8 Å². The van der Waals surface area contributed by atoms with Crippen LogP contribution in [0.5, 0.6) is 6.01 Å². The van der Waals surface area contributed by atoms with Gasteiger partial charge < -0.3 is 15.0 Å². The number of ether oxygens (including phenoxy) is 1. The van der Waals surface area contributed by atoms with Crippen LogP contribution in [0.1, 0.15) is 0 Å². The van der Waals surface area contributed by atoms with E-state index in [-0.39, 0.29) is 6.01 Å². The van der Waals surface area contributed by atoms with Crippen molar-refractivity contribution in [1.29, 1.82) is 0 Å². The highest BCUT2D eigenvalue weighted by Crippen LogP contribution is 2.17. The van der Waals surface area contributed by atoms with Crippen molar-refractivity contribution in [3.63, 3.8) is 0 Å². The average molecular weight is 302 g/mol. The van der Waals surface area contributed by atoms with Crippen LogP contribution in [0.3, 0.4) is 0 Å². The summed E-state index contributed by atoms with van der Waals surface area (Å²) in [6.07, 6.45) is 1.22. The van der Waals surface area contributed by atoms with Crippen LogP contribution < -0.4 is 15.0 Å². The molecule has 112 valence electrons. The van der Waals surface area contributed by atoms with Gasteiger partial charge in [0.15, 0.2) is 0 Å². The first-order valence-electron chi connectivity index (χ1n) is 6.12. The van der Waals surface area contributed by atoms with Crippen LogP contribution in [0.25, 0.3) is 0 Å². The third kappa shape index (κ3) is 3.25. The van der Waals surface area contributed by atoms with E-state index >= 15 is 0 Å². The van der Waals surface area contributed by atoms with Crippen molar-refractivity contribution in [3.05, 3.63) is 0 Å². The van der Waals surface area contributed by atoms with Gasteiger partial charge in [0.1, 0.15) is 0 Å².